The molecule has 3 heterocycles. The zero-order valence-electron chi connectivity index (χ0n) is 16.4. The minimum Gasteiger partial charge on any atom is -0.317 e. The fourth-order valence-corrected chi connectivity index (χ4v) is 3.58. The van der Waals surface area contributed by atoms with Crippen LogP contribution in [-0.2, 0) is 6.54 Å². The molecule has 1 saturated heterocycles. The van der Waals surface area contributed by atoms with Gasteiger partial charge in [0, 0.05) is 24.3 Å². The van der Waals surface area contributed by atoms with Crippen LogP contribution in [0.1, 0.15) is 60.1 Å². The summed E-state index contributed by atoms with van der Waals surface area (Å²) < 4.78 is 3.53. The number of carbonyl (C=O) groups excluding carboxylic acids is 1. The van der Waals surface area contributed by atoms with Gasteiger partial charge in [0.05, 0.1) is 6.20 Å². The van der Waals surface area contributed by atoms with E-state index < -0.39 is 0 Å². The van der Waals surface area contributed by atoms with Crippen molar-refractivity contribution in [1.29, 1.82) is 0 Å². The number of nitrogens with zero attached hydrogens (tertiary/aromatic N) is 3. The van der Waals surface area contributed by atoms with Crippen molar-refractivity contribution in [2.75, 3.05) is 18.4 Å². The summed E-state index contributed by atoms with van der Waals surface area (Å²) in [6.45, 7) is 8.36. The predicted molar refractivity (Wildman–Crippen MR) is 106 cm³/mol. The minimum atomic E-state index is -0.359. The molecule has 0 radical (unpaired) electrons. The van der Waals surface area contributed by atoms with Gasteiger partial charge in [-0.1, -0.05) is 13.3 Å². The molecule has 2 aromatic heterocycles. The summed E-state index contributed by atoms with van der Waals surface area (Å²) >= 11 is 0. The Bertz CT molecular complexity index is 862. The zero-order valence-corrected chi connectivity index (χ0v) is 16.4. The second-order valence-electron chi connectivity index (χ2n) is 7.27. The molecule has 7 nitrogen and oxygen atoms in total. The molecule has 0 unspecified atom stereocenters. The molecular formula is C20H29N5O2. The van der Waals surface area contributed by atoms with E-state index >= 15 is 0 Å². The van der Waals surface area contributed by atoms with Gasteiger partial charge < -0.3 is 15.2 Å². The van der Waals surface area contributed by atoms with Crippen LogP contribution in [0.5, 0.6) is 0 Å². The molecule has 0 aliphatic carbocycles. The van der Waals surface area contributed by atoms with E-state index in [1.165, 1.54) is 0 Å². The smallest absolute Gasteiger partial charge is 0.263 e. The molecule has 2 N–H and O–H groups in total. The third-order valence-corrected chi connectivity index (χ3v) is 5.23. The van der Waals surface area contributed by atoms with Crippen LogP contribution < -0.4 is 16.2 Å². The fraction of sp³-hybridized carbons (Fsp3) is 0.550. The Kier molecular flexibility index (Phi) is 6.11. The SMILES string of the molecule is CCCCn1ncc(C)c1NC(=O)c1c(C)ccn(C2CCNCC2)c1=O. The molecule has 0 spiro atoms. The summed E-state index contributed by atoms with van der Waals surface area (Å²) in [7, 11) is 0. The number of carbonyl (C=O) groups is 1. The van der Waals surface area contributed by atoms with Crippen LogP contribution in [0, 0.1) is 13.8 Å². The van der Waals surface area contributed by atoms with E-state index in [1.807, 2.05) is 26.1 Å². The highest BCUT2D eigenvalue weighted by atomic mass is 16.2. The van der Waals surface area contributed by atoms with Gasteiger partial charge in [-0.25, -0.2) is 4.68 Å². The van der Waals surface area contributed by atoms with Crippen molar-refractivity contribution >= 4 is 11.7 Å². The zero-order chi connectivity index (χ0) is 19.4. The molecule has 0 atom stereocenters. The largest absolute Gasteiger partial charge is 0.317 e. The van der Waals surface area contributed by atoms with Crippen molar-refractivity contribution in [1.82, 2.24) is 19.7 Å². The molecule has 1 fully saturated rings. The Labute approximate surface area is 159 Å². The van der Waals surface area contributed by atoms with E-state index in [1.54, 1.807) is 15.4 Å². The van der Waals surface area contributed by atoms with Crippen LogP contribution in [0.3, 0.4) is 0 Å². The fourth-order valence-electron chi connectivity index (χ4n) is 3.58. The number of anilines is 1. The lowest BCUT2D eigenvalue weighted by Crippen LogP contribution is -2.37. The van der Waals surface area contributed by atoms with Gasteiger partial charge >= 0.3 is 0 Å². The Hall–Kier alpha value is -2.41. The molecule has 146 valence electrons. The maximum atomic E-state index is 13.1. The molecule has 3 rings (SSSR count). The Morgan fingerprint density at radius 3 is 2.74 bits per heavy atom. The Balaban J connectivity index is 1.89. The number of nitrogens with one attached hydrogen (secondary N) is 2. The molecule has 2 aromatic rings. The summed E-state index contributed by atoms with van der Waals surface area (Å²) in [5.41, 5.74) is 1.60. The van der Waals surface area contributed by atoms with Crippen molar-refractivity contribution in [2.45, 2.75) is 59.0 Å². The monoisotopic (exact) mass is 371 g/mol. The van der Waals surface area contributed by atoms with E-state index in [4.69, 9.17) is 0 Å². The quantitative estimate of drug-likeness (QED) is 0.818. The number of piperidine rings is 1. The van der Waals surface area contributed by atoms with Crippen LogP contribution in [0.15, 0.2) is 23.3 Å². The number of aromatic nitrogens is 3. The number of pyridine rings is 1. The average Bonchev–Trinajstić information content (AvgIpc) is 3.00. The molecule has 1 aliphatic rings. The van der Waals surface area contributed by atoms with Crippen molar-refractivity contribution in [3.63, 3.8) is 0 Å². The molecule has 0 saturated carbocycles. The van der Waals surface area contributed by atoms with Gasteiger partial charge in [0.1, 0.15) is 11.4 Å². The number of hydrogen-bond donors (Lipinski definition) is 2. The second-order valence-corrected chi connectivity index (χ2v) is 7.27. The van der Waals surface area contributed by atoms with Gasteiger partial charge in [0.25, 0.3) is 11.5 Å². The van der Waals surface area contributed by atoms with E-state index in [0.717, 1.165) is 50.9 Å². The molecule has 1 amide bonds. The number of hydrogen-bond acceptors (Lipinski definition) is 4. The number of unbranched alkanes of at least 4 members (excludes halogenated alkanes) is 1. The van der Waals surface area contributed by atoms with Crippen LogP contribution in [0.2, 0.25) is 0 Å². The molecule has 1 aliphatic heterocycles. The lowest BCUT2D eigenvalue weighted by molar-refractivity contribution is 0.102. The van der Waals surface area contributed by atoms with Gasteiger partial charge in [0.15, 0.2) is 0 Å². The lowest BCUT2D eigenvalue weighted by atomic mass is 10.0. The Morgan fingerprint density at radius 1 is 1.30 bits per heavy atom. The maximum Gasteiger partial charge on any atom is 0.263 e. The third kappa shape index (κ3) is 4.13. The predicted octanol–water partition coefficient (Wildman–Crippen LogP) is 2.64. The molecule has 0 bridgehead atoms. The summed E-state index contributed by atoms with van der Waals surface area (Å²) in [6.07, 6.45) is 7.39. The van der Waals surface area contributed by atoms with Crippen LogP contribution in [0.4, 0.5) is 5.82 Å². The molecule has 27 heavy (non-hydrogen) atoms. The minimum absolute atomic E-state index is 0.141. The normalized spacial score (nSPS) is 15.1. The van der Waals surface area contributed by atoms with Crippen molar-refractivity contribution < 1.29 is 4.79 Å². The van der Waals surface area contributed by atoms with Gasteiger partial charge in [-0.05, 0) is 57.8 Å². The van der Waals surface area contributed by atoms with E-state index in [2.05, 4.69) is 22.7 Å². The van der Waals surface area contributed by atoms with Crippen LogP contribution >= 0.6 is 0 Å². The van der Waals surface area contributed by atoms with Crippen molar-refractivity contribution in [3.05, 3.63) is 45.5 Å². The highest BCUT2D eigenvalue weighted by molar-refractivity contribution is 6.04. The Morgan fingerprint density at radius 2 is 2.04 bits per heavy atom. The maximum absolute atomic E-state index is 13.1. The first-order chi connectivity index (χ1) is 13.0. The molecule has 7 heteroatoms. The van der Waals surface area contributed by atoms with Crippen molar-refractivity contribution in [2.24, 2.45) is 0 Å². The number of amides is 1. The number of rotatable bonds is 6. The first-order valence-electron chi connectivity index (χ1n) is 9.79. The van der Waals surface area contributed by atoms with Crippen LogP contribution in [0.25, 0.3) is 0 Å². The van der Waals surface area contributed by atoms with Crippen molar-refractivity contribution in [3.8, 4) is 0 Å². The summed E-state index contributed by atoms with van der Waals surface area (Å²) in [5, 5.41) is 10.6. The van der Waals surface area contributed by atoms with Gasteiger partial charge in [-0.2, -0.15) is 5.10 Å². The molecular weight excluding hydrogens is 342 g/mol. The standard InChI is InChI=1S/C20H29N5O2/c1-4-5-11-25-18(15(3)13-22-25)23-19(26)17-14(2)8-12-24(20(17)27)16-6-9-21-10-7-16/h8,12-13,16,21H,4-7,9-11H2,1-3H3,(H,23,26). The summed E-state index contributed by atoms with van der Waals surface area (Å²) in [5.74, 6) is 0.312. The summed E-state index contributed by atoms with van der Waals surface area (Å²) in [4.78, 5) is 26.0. The van der Waals surface area contributed by atoms with Crippen LogP contribution in [-0.4, -0.2) is 33.3 Å². The first-order valence-corrected chi connectivity index (χ1v) is 9.79. The van der Waals surface area contributed by atoms with Gasteiger partial charge in [-0.15, -0.1) is 0 Å². The second kappa shape index (κ2) is 8.52. The topological polar surface area (TPSA) is 81.0 Å². The lowest BCUT2D eigenvalue weighted by Gasteiger charge is -2.25. The highest BCUT2D eigenvalue weighted by Gasteiger charge is 2.22. The number of aryl methyl sites for hydroxylation is 3. The average molecular weight is 371 g/mol. The summed E-state index contributed by atoms with van der Waals surface area (Å²) in [6, 6.07) is 2.00. The van der Waals surface area contributed by atoms with E-state index in [-0.39, 0.29) is 23.1 Å². The van der Waals surface area contributed by atoms with E-state index in [9.17, 15) is 9.59 Å². The molecule has 0 aromatic carbocycles. The highest BCUT2D eigenvalue weighted by Crippen LogP contribution is 2.19. The van der Waals surface area contributed by atoms with Gasteiger partial charge in [0.2, 0.25) is 0 Å². The van der Waals surface area contributed by atoms with Gasteiger partial charge in [-0.3, -0.25) is 9.59 Å². The van der Waals surface area contributed by atoms with E-state index in [0.29, 0.717) is 11.4 Å². The third-order valence-electron chi connectivity index (χ3n) is 5.23. The first kappa shape index (κ1) is 19.4.